The molecule has 0 spiro atoms. The number of nitrogens with two attached hydrogens (primary N) is 1. The Morgan fingerprint density at radius 2 is 2.27 bits per heavy atom. The van der Waals surface area contributed by atoms with Crippen molar-refractivity contribution >= 4 is 28.3 Å². The summed E-state index contributed by atoms with van der Waals surface area (Å²) in [4.78, 5) is 12.7. The zero-order valence-corrected chi connectivity index (χ0v) is 8.39. The second kappa shape index (κ2) is 3.57. The molecular weight excluding hydrogens is 220 g/mol. The van der Waals surface area contributed by atoms with E-state index in [9.17, 15) is 4.79 Å². The highest BCUT2D eigenvalue weighted by Crippen LogP contribution is 2.11. The lowest BCUT2D eigenvalue weighted by Crippen LogP contribution is -2.13. The molecule has 2 rings (SSSR count). The summed E-state index contributed by atoms with van der Waals surface area (Å²) < 4.78 is 0. The van der Waals surface area contributed by atoms with Gasteiger partial charge in [-0.15, -0.1) is 15.3 Å². The molecule has 0 aliphatic rings. The molecule has 0 aromatic carbocycles. The van der Waals surface area contributed by atoms with Crippen LogP contribution in [0.3, 0.4) is 0 Å². The SMILES string of the molecule is Cn1nnc(NC(=O)c2nnc(N)s2)n1. The molecule has 0 fully saturated rings. The first kappa shape index (κ1) is 9.45. The van der Waals surface area contributed by atoms with Crippen LogP contribution in [0.2, 0.25) is 0 Å². The first-order valence-electron chi connectivity index (χ1n) is 3.79. The molecule has 0 aliphatic heterocycles. The van der Waals surface area contributed by atoms with Crippen LogP contribution in [0, 0.1) is 0 Å². The van der Waals surface area contributed by atoms with Gasteiger partial charge in [-0.3, -0.25) is 10.1 Å². The van der Waals surface area contributed by atoms with Crippen LogP contribution in [0.5, 0.6) is 0 Å². The van der Waals surface area contributed by atoms with Gasteiger partial charge in [-0.25, -0.2) is 0 Å². The van der Waals surface area contributed by atoms with Crippen LogP contribution in [-0.4, -0.2) is 36.3 Å². The lowest BCUT2D eigenvalue weighted by molar-refractivity contribution is 0.102. The van der Waals surface area contributed by atoms with Crippen molar-refractivity contribution in [2.75, 3.05) is 11.1 Å². The summed E-state index contributed by atoms with van der Waals surface area (Å²) in [5.41, 5.74) is 5.33. The second-order valence-electron chi connectivity index (χ2n) is 2.50. The van der Waals surface area contributed by atoms with E-state index in [-0.39, 0.29) is 16.1 Å². The van der Waals surface area contributed by atoms with Crippen LogP contribution >= 0.6 is 11.3 Å². The van der Waals surface area contributed by atoms with E-state index in [0.717, 1.165) is 11.3 Å². The zero-order valence-electron chi connectivity index (χ0n) is 7.58. The number of carbonyl (C=O) groups is 1. The molecule has 0 saturated heterocycles. The van der Waals surface area contributed by atoms with Crippen LogP contribution in [0.15, 0.2) is 0 Å². The van der Waals surface area contributed by atoms with Crippen molar-refractivity contribution in [3.05, 3.63) is 5.01 Å². The first-order chi connectivity index (χ1) is 7.15. The van der Waals surface area contributed by atoms with Gasteiger partial charge in [0.2, 0.25) is 10.1 Å². The topological polar surface area (TPSA) is 124 Å². The fourth-order valence-corrected chi connectivity index (χ4v) is 1.32. The Kier molecular flexibility index (Phi) is 2.25. The van der Waals surface area contributed by atoms with Gasteiger partial charge >= 0.3 is 0 Å². The van der Waals surface area contributed by atoms with E-state index in [4.69, 9.17) is 5.73 Å². The molecule has 3 N–H and O–H groups in total. The number of carbonyl (C=O) groups excluding carboxylic acids is 1. The summed E-state index contributed by atoms with van der Waals surface area (Å²) in [5.74, 6) is -0.353. The summed E-state index contributed by atoms with van der Waals surface area (Å²) in [7, 11) is 1.59. The molecule has 0 atom stereocenters. The maximum absolute atomic E-state index is 11.5. The third-order valence-electron chi connectivity index (χ3n) is 1.37. The van der Waals surface area contributed by atoms with Crippen molar-refractivity contribution < 1.29 is 4.79 Å². The van der Waals surface area contributed by atoms with Crippen molar-refractivity contribution in [2.24, 2.45) is 7.05 Å². The number of aromatic nitrogens is 6. The molecule has 9 nitrogen and oxygen atoms in total. The minimum absolute atomic E-state index is 0.108. The Morgan fingerprint density at radius 1 is 1.47 bits per heavy atom. The first-order valence-corrected chi connectivity index (χ1v) is 4.61. The standard InChI is InChI=1S/C5H6N8OS/c1-13-11-5(10-12-13)7-2(14)3-8-9-4(6)15-3/h1H3,(H2,6,9)(H,7,11,14). The zero-order chi connectivity index (χ0) is 10.8. The smallest absolute Gasteiger partial charge is 0.289 e. The van der Waals surface area contributed by atoms with Gasteiger partial charge in [0.15, 0.2) is 0 Å². The third-order valence-corrected chi connectivity index (χ3v) is 2.12. The maximum Gasteiger partial charge on any atom is 0.289 e. The fraction of sp³-hybridized carbons (Fsp3) is 0.200. The van der Waals surface area contributed by atoms with Crippen molar-refractivity contribution in [3.63, 3.8) is 0 Å². The van der Waals surface area contributed by atoms with Gasteiger partial charge in [-0.05, 0) is 5.21 Å². The molecule has 0 saturated carbocycles. The number of rotatable bonds is 2. The van der Waals surface area contributed by atoms with Crippen LogP contribution in [-0.2, 0) is 7.05 Å². The van der Waals surface area contributed by atoms with Crippen LogP contribution in [0.25, 0.3) is 0 Å². The van der Waals surface area contributed by atoms with Gasteiger partial charge in [0, 0.05) is 0 Å². The average Bonchev–Trinajstić information content (AvgIpc) is 2.75. The number of nitrogens with one attached hydrogen (secondary N) is 1. The number of anilines is 2. The van der Waals surface area contributed by atoms with Gasteiger partial charge < -0.3 is 5.73 Å². The largest absolute Gasteiger partial charge is 0.374 e. The normalized spacial score (nSPS) is 10.2. The Morgan fingerprint density at radius 3 is 2.80 bits per heavy atom. The lowest BCUT2D eigenvalue weighted by atomic mass is 10.6. The Labute approximate surface area is 87.3 Å². The van der Waals surface area contributed by atoms with E-state index in [1.165, 1.54) is 4.80 Å². The number of hydrogen-bond acceptors (Lipinski definition) is 8. The molecule has 0 bridgehead atoms. The summed E-state index contributed by atoms with van der Waals surface area (Å²) in [6.45, 7) is 0. The molecule has 0 unspecified atom stereocenters. The molecule has 0 radical (unpaired) electrons. The molecule has 2 aromatic heterocycles. The molecule has 10 heteroatoms. The summed E-state index contributed by atoms with van der Waals surface area (Å²) in [6, 6.07) is 0. The van der Waals surface area contributed by atoms with Crippen molar-refractivity contribution in [3.8, 4) is 0 Å². The highest BCUT2D eigenvalue weighted by molar-refractivity contribution is 7.16. The highest BCUT2D eigenvalue weighted by Gasteiger charge is 2.13. The average molecular weight is 226 g/mol. The van der Waals surface area contributed by atoms with Gasteiger partial charge in [0.05, 0.1) is 7.05 Å². The van der Waals surface area contributed by atoms with E-state index >= 15 is 0 Å². The third kappa shape index (κ3) is 2.04. The van der Waals surface area contributed by atoms with Crippen molar-refractivity contribution in [1.29, 1.82) is 0 Å². The van der Waals surface area contributed by atoms with E-state index < -0.39 is 5.91 Å². The molecule has 15 heavy (non-hydrogen) atoms. The number of hydrogen-bond donors (Lipinski definition) is 2. The minimum Gasteiger partial charge on any atom is -0.374 e. The predicted octanol–water partition coefficient (Wildman–Crippen LogP) is -1.10. The molecule has 2 aromatic rings. The quantitative estimate of drug-likeness (QED) is 0.665. The molecular formula is C5H6N8OS. The Bertz CT molecular complexity index is 489. The lowest BCUT2D eigenvalue weighted by Gasteiger charge is -1.93. The number of tetrazole rings is 1. The van der Waals surface area contributed by atoms with Gasteiger partial charge in [-0.1, -0.05) is 16.4 Å². The predicted molar refractivity (Wildman–Crippen MR) is 51.1 cm³/mol. The number of nitrogen functional groups attached to an aromatic ring is 1. The summed E-state index contributed by atoms with van der Waals surface area (Å²) in [5, 5.41) is 20.8. The van der Waals surface area contributed by atoms with Crippen molar-refractivity contribution in [2.45, 2.75) is 0 Å². The molecule has 2 heterocycles. The van der Waals surface area contributed by atoms with E-state index in [0.29, 0.717) is 0 Å². The van der Waals surface area contributed by atoms with Crippen LogP contribution in [0.4, 0.5) is 11.1 Å². The van der Waals surface area contributed by atoms with E-state index in [2.05, 4.69) is 30.9 Å². The van der Waals surface area contributed by atoms with Crippen LogP contribution in [0.1, 0.15) is 9.80 Å². The Hall–Kier alpha value is -2.10. The summed E-state index contributed by atoms with van der Waals surface area (Å²) in [6.07, 6.45) is 0. The van der Waals surface area contributed by atoms with Crippen LogP contribution < -0.4 is 11.1 Å². The van der Waals surface area contributed by atoms with Gasteiger partial charge in [0.1, 0.15) is 0 Å². The van der Waals surface area contributed by atoms with E-state index in [1.54, 1.807) is 7.05 Å². The maximum atomic E-state index is 11.5. The Balaban J connectivity index is 2.10. The monoisotopic (exact) mass is 226 g/mol. The number of amides is 1. The second-order valence-corrected chi connectivity index (χ2v) is 3.51. The molecule has 78 valence electrons. The minimum atomic E-state index is -0.461. The molecule has 1 amide bonds. The summed E-state index contributed by atoms with van der Waals surface area (Å²) >= 11 is 0.983. The van der Waals surface area contributed by atoms with E-state index in [1.807, 2.05) is 0 Å². The number of aryl methyl sites for hydroxylation is 1. The molecule has 0 aliphatic carbocycles. The highest BCUT2D eigenvalue weighted by atomic mass is 32.1. The fourth-order valence-electron chi connectivity index (χ4n) is 0.816. The number of nitrogens with zero attached hydrogens (tertiary/aromatic N) is 6. The van der Waals surface area contributed by atoms with Gasteiger partial charge in [0.25, 0.3) is 11.9 Å². The van der Waals surface area contributed by atoms with Crippen molar-refractivity contribution in [1.82, 2.24) is 30.4 Å². The van der Waals surface area contributed by atoms with Gasteiger partial charge in [-0.2, -0.15) is 4.80 Å².